The molecule has 1 N–H and O–H groups in total. The maximum atomic E-state index is 12.5. The van der Waals surface area contributed by atoms with Gasteiger partial charge >= 0.3 is 6.09 Å². The first-order chi connectivity index (χ1) is 15.7. The number of piperidine rings is 1. The molecule has 1 aliphatic heterocycles. The van der Waals surface area contributed by atoms with Crippen LogP contribution in [0.25, 0.3) is 0 Å². The van der Waals surface area contributed by atoms with Gasteiger partial charge in [0.05, 0.1) is 0 Å². The summed E-state index contributed by atoms with van der Waals surface area (Å²) < 4.78 is 11.2. The number of para-hydroxylation sites is 2. The van der Waals surface area contributed by atoms with E-state index in [1.54, 1.807) is 41.3 Å². The summed E-state index contributed by atoms with van der Waals surface area (Å²) in [5, 5.41) is 3.01. The van der Waals surface area contributed by atoms with Gasteiger partial charge in [0, 0.05) is 25.2 Å². The molecule has 1 saturated heterocycles. The second kappa shape index (κ2) is 10.5. The van der Waals surface area contributed by atoms with E-state index in [2.05, 4.69) is 5.32 Å². The average Bonchev–Trinajstić information content (AvgIpc) is 2.84. The minimum atomic E-state index is -0.323. The lowest BCUT2D eigenvalue weighted by Gasteiger charge is -2.31. The van der Waals surface area contributed by atoms with Crippen LogP contribution in [0.5, 0.6) is 17.2 Å². The first-order valence-corrected chi connectivity index (χ1v) is 10.8. The first kappa shape index (κ1) is 21.4. The highest BCUT2D eigenvalue weighted by Crippen LogP contribution is 2.22. The van der Waals surface area contributed by atoms with Crippen LogP contribution in [0.4, 0.5) is 4.79 Å². The van der Waals surface area contributed by atoms with Crippen LogP contribution >= 0.6 is 0 Å². The minimum absolute atomic E-state index is 0.109. The molecule has 0 aliphatic carbocycles. The summed E-state index contributed by atoms with van der Waals surface area (Å²) in [6.45, 7) is 1.83. The summed E-state index contributed by atoms with van der Waals surface area (Å²) in [6.07, 6.45) is 1.33. The van der Waals surface area contributed by atoms with E-state index in [9.17, 15) is 9.59 Å². The van der Waals surface area contributed by atoms with Gasteiger partial charge in [-0.25, -0.2) is 4.79 Å². The number of ether oxygens (including phenoxy) is 2. The fourth-order valence-electron chi connectivity index (χ4n) is 3.61. The standard InChI is InChI=1S/C26H26N2O4/c29-25(21-11-13-24(14-12-21)31-22-7-3-1-4-8-22)27-19-20-15-17-28(18-16-20)26(30)32-23-9-5-2-6-10-23/h1-14,20H,15-19H2,(H,27,29). The summed E-state index contributed by atoms with van der Waals surface area (Å²) in [6, 6.07) is 25.7. The highest BCUT2D eigenvalue weighted by atomic mass is 16.6. The SMILES string of the molecule is O=C(NCC1CCN(C(=O)Oc2ccccc2)CC1)c1ccc(Oc2ccccc2)cc1. The van der Waals surface area contributed by atoms with Crippen LogP contribution < -0.4 is 14.8 Å². The fourth-order valence-corrected chi connectivity index (χ4v) is 3.61. The number of likely N-dealkylation sites (tertiary alicyclic amines) is 1. The van der Waals surface area contributed by atoms with Gasteiger partial charge in [0.15, 0.2) is 0 Å². The second-order valence-corrected chi connectivity index (χ2v) is 7.76. The molecule has 32 heavy (non-hydrogen) atoms. The van der Waals surface area contributed by atoms with Crippen LogP contribution in [0.3, 0.4) is 0 Å². The fraction of sp³-hybridized carbons (Fsp3) is 0.231. The molecule has 0 bridgehead atoms. The molecular weight excluding hydrogens is 404 g/mol. The Morgan fingerprint density at radius 2 is 1.34 bits per heavy atom. The van der Waals surface area contributed by atoms with E-state index in [0.717, 1.165) is 18.6 Å². The van der Waals surface area contributed by atoms with Crippen molar-refractivity contribution in [1.29, 1.82) is 0 Å². The molecule has 0 aromatic heterocycles. The van der Waals surface area contributed by atoms with Gasteiger partial charge in [-0.05, 0) is 67.3 Å². The van der Waals surface area contributed by atoms with Gasteiger partial charge in [0.1, 0.15) is 17.2 Å². The lowest BCUT2D eigenvalue weighted by atomic mass is 9.97. The highest BCUT2D eigenvalue weighted by molar-refractivity contribution is 5.94. The van der Waals surface area contributed by atoms with Crippen LogP contribution in [-0.2, 0) is 0 Å². The van der Waals surface area contributed by atoms with Gasteiger partial charge in [-0.2, -0.15) is 0 Å². The van der Waals surface area contributed by atoms with Gasteiger partial charge in [-0.3, -0.25) is 4.79 Å². The molecular formula is C26H26N2O4. The molecule has 0 spiro atoms. The van der Waals surface area contributed by atoms with E-state index in [1.165, 1.54) is 0 Å². The van der Waals surface area contributed by atoms with E-state index in [-0.39, 0.29) is 12.0 Å². The topological polar surface area (TPSA) is 67.9 Å². The minimum Gasteiger partial charge on any atom is -0.457 e. The molecule has 164 valence electrons. The third-order valence-electron chi connectivity index (χ3n) is 5.47. The molecule has 0 radical (unpaired) electrons. The molecule has 3 aromatic carbocycles. The molecule has 2 amide bonds. The number of rotatable bonds is 6. The third-order valence-corrected chi connectivity index (χ3v) is 5.47. The van der Waals surface area contributed by atoms with E-state index >= 15 is 0 Å². The predicted molar refractivity (Wildman–Crippen MR) is 122 cm³/mol. The molecule has 0 unspecified atom stereocenters. The average molecular weight is 431 g/mol. The number of hydrogen-bond donors (Lipinski definition) is 1. The second-order valence-electron chi connectivity index (χ2n) is 7.76. The number of nitrogens with one attached hydrogen (secondary N) is 1. The molecule has 1 aliphatic rings. The van der Waals surface area contributed by atoms with E-state index in [1.807, 2.05) is 48.5 Å². The van der Waals surface area contributed by atoms with E-state index in [4.69, 9.17) is 9.47 Å². The first-order valence-electron chi connectivity index (χ1n) is 10.8. The number of carbonyl (C=O) groups excluding carboxylic acids is 2. The largest absolute Gasteiger partial charge is 0.457 e. The lowest BCUT2D eigenvalue weighted by Crippen LogP contribution is -2.42. The number of carbonyl (C=O) groups is 2. The maximum Gasteiger partial charge on any atom is 0.415 e. The van der Waals surface area contributed by atoms with Crippen molar-refractivity contribution in [2.45, 2.75) is 12.8 Å². The Labute approximate surface area is 187 Å². The Hall–Kier alpha value is -3.80. The van der Waals surface area contributed by atoms with Gasteiger partial charge in [-0.1, -0.05) is 36.4 Å². The van der Waals surface area contributed by atoms with Crippen LogP contribution in [0.2, 0.25) is 0 Å². The zero-order chi connectivity index (χ0) is 22.2. The molecule has 0 atom stereocenters. The van der Waals surface area contributed by atoms with E-state index in [0.29, 0.717) is 42.6 Å². The van der Waals surface area contributed by atoms with Crippen LogP contribution in [0, 0.1) is 5.92 Å². The van der Waals surface area contributed by atoms with Crippen molar-refractivity contribution < 1.29 is 19.1 Å². The third kappa shape index (κ3) is 5.88. The normalized spacial score (nSPS) is 13.9. The maximum absolute atomic E-state index is 12.5. The Morgan fingerprint density at radius 1 is 0.781 bits per heavy atom. The Bertz CT molecular complexity index is 1010. The molecule has 3 aromatic rings. The van der Waals surface area contributed by atoms with Crippen molar-refractivity contribution in [3.63, 3.8) is 0 Å². The van der Waals surface area contributed by atoms with Crippen LogP contribution in [0.15, 0.2) is 84.9 Å². The molecule has 6 heteroatoms. The van der Waals surface area contributed by atoms with Gasteiger partial charge in [0.2, 0.25) is 0 Å². The van der Waals surface area contributed by atoms with E-state index < -0.39 is 0 Å². The van der Waals surface area contributed by atoms with Crippen molar-refractivity contribution in [2.24, 2.45) is 5.92 Å². The lowest BCUT2D eigenvalue weighted by molar-refractivity contribution is 0.0931. The predicted octanol–water partition coefficient (Wildman–Crippen LogP) is 5.12. The molecule has 4 rings (SSSR count). The Kier molecular flexibility index (Phi) is 7.02. The summed E-state index contributed by atoms with van der Waals surface area (Å²) in [4.78, 5) is 26.5. The smallest absolute Gasteiger partial charge is 0.415 e. The molecule has 6 nitrogen and oxygen atoms in total. The molecule has 0 saturated carbocycles. The van der Waals surface area contributed by atoms with Crippen molar-refractivity contribution >= 4 is 12.0 Å². The monoisotopic (exact) mass is 430 g/mol. The summed E-state index contributed by atoms with van der Waals surface area (Å²) >= 11 is 0. The number of amides is 2. The highest BCUT2D eigenvalue weighted by Gasteiger charge is 2.24. The van der Waals surface area contributed by atoms with Crippen molar-refractivity contribution in [3.05, 3.63) is 90.5 Å². The Balaban J connectivity index is 1.20. The zero-order valence-electron chi connectivity index (χ0n) is 17.8. The summed E-state index contributed by atoms with van der Waals surface area (Å²) in [5.74, 6) is 2.21. The van der Waals surface area contributed by atoms with Gasteiger partial charge < -0.3 is 19.7 Å². The summed E-state index contributed by atoms with van der Waals surface area (Å²) in [5.41, 5.74) is 0.592. The molecule has 1 heterocycles. The van der Waals surface area contributed by atoms with Gasteiger partial charge in [0.25, 0.3) is 5.91 Å². The van der Waals surface area contributed by atoms with Crippen molar-refractivity contribution in [2.75, 3.05) is 19.6 Å². The van der Waals surface area contributed by atoms with Gasteiger partial charge in [-0.15, -0.1) is 0 Å². The van der Waals surface area contributed by atoms with Crippen LogP contribution in [0.1, 0.15) is 23.2 Å². The Morgan fingerprint density at radius 3 is 1.97 bits per heavy atom. The van der Waals surface area contributed by atoms with Crippen molar-refractivity contribution in [3.8, 4) is 17.2 Å². The number of nitrogens with zero attached hydrogens (tertiary/aromatic N) is 1. The number of benzene rings is 3. The molecule has 1 fully saturated rings. The van der Waals surface area contributed by atoms with Crippen LogP contribution in [-0.4, -0.2) is 36.5 Å². The summed E-state index contributed by atoms with van der Waals surface area (Å²) in [7, 11) is 0. The quantitative estimate of drug-likeness (QED) is 0.589. The number of hydrogen-bond acceptors (Lipinski definition) is 4. The zero-order valence-corrected chi connectivity index (χ0v) is 17.8. The van der Waals surface area contributed by atoms with Crippen molar-refractivity contribution in [1.82, 2.24) is 10.2 Å².